The van der Waals surface area contributed by atoms with Gasteiger partial charge < -0.3 is 10.2 Å². The maximum Gasteiger partial charge on any atom is 0.0175 e. The maximum absolute atomic E-state index is 3.46. The average Bonchev–Trinajstić information content (AvgIpc) is 2.34. The first kappa shape index (κ1) is 14.7. The van der Waals surface area contributed by atoms with E-state index in [0.29, 0.717) is 0 Å². The summed E-state index contributed by atoms with van der Waals surface area (Å²) in [5.41, 5.74) is 1.41. The Balaban J connectivity index is 2.14. The van der Waals surface area contributed by atoms with Gasteiger partial charge in [0.1, 0.15) is 0 Å². The van der Waals surface area contributed by atoms with Crippen molar-refractivity contribution in [3.63, 3.8) is 0 Å². The van der Waals surface area contributed by atoms with Gasteiger partial charge in [-0.25, -0.2) is 0 Å². The SMILES string of the molecule is CNCCCCN(C)CCc1ccc(Br)cc1. The smallest absolute Gasteiger partial charge is 0.0175 e. The molecular weight excluding hydrogens is 276 g/mol. The molecule has 0 aromatic heterocycles. The van der Waals surface area contributed by atoms with E-state index in [0.717, 1.165) is 24.0 Å². The van der Waals surface area contributed by atoms with Crippen LogP contribution in [-0.4, -0.2) is 38.6 Å². The fourth-order valence-corrected chi connectivity index (χ4v) is 2.03. The number of benzene rings is 1. The second-order valence-electron chi connectivity index (χ2n) is 4.49. The number of hydrogen-bond acceptors (Lipinski definition) is 2. The second kappa shape index (κ2) is 8.67. The summed E-state index contributed by atoms with van der Waals surface area (Å²) in [4.78, 5) is 2.41. The largest absolute Gasteiger partial charge is 0.320 e. The molecule has 0 bridgehead atoms. The van der Waals surface area contributed by atoms with Gasteiger partial charge in [0.15, 0.2) is 0 Å². The van der Waals surface area contributed by atoms with Gasteiger partial charge in [-0.2, -0.15) is 0 Å². The van der Waals surface area contributed by atoms with Crippen LogP contribution in [0.2, 0.25) is 0 Å². The van der Waals surface area contributed by atoms with Crippen molar-refractivity contribution in [3.05, 3.63) is 34.3 Å². The van der Waals surface area contributed by atoms with Crippen LogP contribution in [0, 0.1) is 0 Å². The van der Waals surface area contributed by atoms with E-state index in [1.54, 1.807) is 0 Å². The fraction of sp³-hybridized carbons (Fsp3) is 0.571. The number of hydrogen-bond donors (Lipinski definition) is 1. The molecule has 0 aliphatic carbocycles. The third-order valence-electron chi connectivity index (χ3n) is 2.91. The van der Waals surface area contributed by atoms with Crippen LogP contribution in [-0.2, 0) is 6.42 Å². The normalized spacial score (nSPS) is 11.1. The molecule has 0 unspecified atom stereocenters. The lowest BCUT2D eigenvalue weighted by Crippen LogP contribution is -2.23. The van der Waals surface area contributed by atoms with Crippen LogP contribution in [0.1, 0.15) is 18.4 Å². The lowest BCUT2D eigenvalue weighted by Gasteiger charge is -2.16. The Morgan fingerprint density at radius 3 is 2.47 bits per heavy atom. The zero-order valence-electron chi connectivity index (χ0n) is 10.9. The third-order valence-corrected chi connectivity index (χ3v) is 3.44. The van der Waals surface area contributed by atoms with Gasteiger partial charge in [-0.15, -0.1) is 0 Å². The summed E-state index contributed by atoms with van der Waals surface area (Å²) in [6.45, 7) is 3.46. The first-order valence-corrected chi connectivity index (χ1v) is 7.09. The van der Waals surface area contributed by atoms with Crippen LogP contribution < -0.4 is 5.32 Å². The fourth-order valence-electron chi connectivity index (χ4n) is 1.77. The topological polar surface area (TPSA) is 15.3 Å². The molecule has 3 heteroatoms. The zero-order valence-corrected chi connectivity index (χ0v) is 12.5. The molecule has 0 saturated carbocycles. The van der Waals surface area contributed by atoms with Crippen molar-refractivity contribution in [1.29, 1.82) is 0 Å². The molecule has 0 spiro atoms. The third kappa shape index (κ3) is 6.81. The van der Waals surface area contributed by atoms with Gasteiger partial charge in [0.2, 0.25) is 0 Å². The number of unbranched alkanes of at least 4 members (excludes halogenated alkanes) is 1. The van der Waals surface area contributed by atoms with Crippen molar-refractivity contribution < 1.29 is 0 Å². The highest BCUT2D eigenvalue weighted by molar-refractivity contribution is 9.10. The van der Waals surface area contributed by atoms with Gasteiger partial charge in [0.25, 0.3) is 0 Å². The van der Waals surface area contributed by atoms with Gasteiger partial charge in [0, 0.05) is 11.0 Å². The Hall–Kier alpha value is -0.380. The minimum absolute atomic E-state index is 1.13. The molecule has 1 aromatic rings. The zero-order chi connectivity index (χ0) is 12.5. The van der Waals surface area contributed by atoms with Gasteiger partial charge in [-0.05, 0) is 64.1 Å². The lowest BCUT2D eigenvalue weighted by molar-refractivity contribution is 0.329. The maximum atomic E-state index is 3.46. The Morgan fingerprint density at radius 2 is 1.82 bits per heavy atom. The number of rotatable bonds is 8. The van der Waals surface area contributed by atoms with Crippen molar-refractivity contribution in [2.45, 2.75) is 19.3 Å². The van der Waals surface area contributed by atoms with Crippen molar-refractivity contribution in [2.75, 3.05) is 33.7 Å². The van der Waals surface area contributed by atoms with Crippen molar-refractivity contribution in [2.24, 2.45) is 0 Å². The highest BCUT2D eigenvalue weighted by Crippen LogP contribution is 2.11. The van der Waals surface area contributed by atoms with Crippen LogP contribution in [0.25, 0.3) is 0 Å². The summed E-state index contributed by atoms with van der Waals surface area (Å²) < 4.78 is 1.15. The van der Waals surface area contributed by atoms with Gasteiger partial charge >= 0.3 is 0 Å². The number of nitrogens with one attached hydrogen (secondary N) is 1. The standard InChI is InChI=1S/C14H23BrN2/c1-16-10-3-4-11-17(2)12-9-13-5-7-14(15)8-6-13/h5-8,16H,3-4,9-12H2,1-2H3. The summed E-state index contributed by atoms with van der Waals surface area (Å²) in [5.74, 6) is 0. The average molecular weight is 299 g/mol. The Bertz CT molecular complexity index is 298. The number of nitrogens with zero attached hydrogens (tertiary/aromatic N) is 1. The first-order valence-electron chi connectivity index (χ1n) is 6.30. The molecule has 1 N–H and O–H groups in total. The van der Waals surface area contributed by atoms with E-state index in [4.69, 9.17) is 0 Å². The molecule has 96 valence electrons. The van der Waals surface area contributed by atoms with Gasteiger partial charge in [0.05, 0.1) is 0 Å². The van der Waals surface area contributed by atoms with Crippen LogP contribution in [0.5, 0.6) is 0 Å². The second-order valence-corrected chi connectivity index (χ2v) is 5.41. The van der Waals surface area contributed by atoms with Crippen LogP contribution >= 0.6 is 15.9 Å². The van der Waals surface area contributed by atoms with Crippen LogP contribution in [0.3, 0.4) is 0 Å². The molecule has 0 aliphatic rings. The molecule has 1 aromatic carbocycles. The minimum atomic E-state index is 1.13. The molecule has 1 rings (SSSR count). The number of halogens is 1. The monoisotopic (exact) mass is 298 g/mol. The Kier molecular flexibility index (Phi) is 7.49. The minimum Gasteiger partial charge on any atom is -0.320 e. The Labute approximate surface area is 114 Å². The molecule has 0 heterocycles. The lowest BCUT2D eigenvalue weighted by atomic mass is 10.1. The molecule has 0 fully saturated rings. The first-order chi connectivity index (χ1) is 8.22. The summed E-state index contributed by atoms with van der Waals surface area (Å²) in [6.07, 6.45) is 3.67. The Morgan fingerprint density at radius 1 is 1.12 bits per heavy atom. The predicted molar refractivity (Wildman–Crippen MR) is 78.5 cm³/mol. The van der Waals surface area contributed by atoms with Gasteiger partial charge in [-0.3, -0.25) is 0 Å². The van der Waals surface area contributed by atoms with Crippen LogP contribution in [0.4, 0.5) is 0 Å². The summed E-state index contributed by atoms with van der Waals surface area (Å²) in [7, 11) is 4.22. The molecule has 0 aliphatic heterocycles. The molecule has 2 nitrogen and oxygen atoms in total. The van der Waals surface area contributed by atoms with E-state index in [9.17, 15) is 0 Å². The van der Waals surface area contributed by atoms with E-state index in [1.165, 1.54) is 24.9 Å². The highest BCUT2D eigenvalue weighted by atomic mass is 79.9. The van der Waals surface area contributed by atoms with Crippen molar-refractivity contribution >= 4 is 15.9 Å². The molecule has 0 amide bonds. The van der Waals surface area contributed by atoms with Crippen LogP contribution in [0.15, 0.2) is 28.7 Å². The summed E-state index contributed by atoms with van der Waals surface area (Å²) in [5, 5.41) is 3.18. The van der Waals surface area contributed by atoms with E-state index in [1.807, 2.05) is 7.05 Å². The molecule has 0 atom stereocenters. The molecular formula is C14H23BrN2. The van der Waals surface area contributed by atoms with E-state index < -0.39 is 0 Å². The summed E-state index contributed by atoms with van der Waals surface area (Å²) >= 11 is 3.46. The molecule has 0 saturated heterocycles. The van der Waals surface area contributed by atoms with E-state index >= 15 is 0 Å². The predicted octanol–water partition coefficient (Wildman–Crippen LogP) is 2.92. The molecule has 0 radical (unpaired) electrons. The van der Waals surface area contributed by atoms with Crippen molar-refractivity contribution in [3.8, 4) is 0 Å². The highest BCUT2D eigenvalue weighted by Gasteiger charge is 1.99. The summed E-state index contributed by atoms with van der Waals surface area (Å²) in [6, 6.07) is 8.61. The van der Waals surface area contributed by atoms with E-state index in [-0.39, 0.29) is 0 Å². The van der Waals surface area contributed by atoms with Gasteiger partial charge in [-0.1, -0.05) is 28.1 Å². The van der Waals surface area contributed by atoms with E-state index in [2.05, 4.69) is 57.5 Å². The number of likely N-dealkylation sites (N-methyl/N-ethyl adjacent to an activating group) is 1. The molecule has 17 heavy (non-hydrogen) atoms. The quantitative estimate of drug-likeness (QED) is 0.743. The van der Waals surface area contributed by atoms with Crippen molar-refractivity contribution in [1.82, 2.24) is 10.2 Å².